The molecule has 28 heavy (non-hydrogen) atoms. The van der Waals surface area contributed by atoms with Gasteiger partial charge in [0.15, 0.2) is 0 Å². The van der Waals surface area contributed by atoms with Crippen LogP contribution in [0.4, 0.5) is 11.4 Å². The minimum atomic E-state index is -0.456. The van der Waals surface area contributed by atoms with E-state index in [-0.39, 0.29) is 24.3 Å². The maximum absolute atomic E-state index is 12.8. The molecule has 0 unspecified atom stereocenters. The van der Waals surface area contributed by atoms with Gasteiger partial charge < -0.3 is 20.4 Å². The normalized spacial score (nSPS) is 10.7. The van der Waals surface area contributed by atoms with Crippen molar-refractivity contribution in [3.63, 3.8) is 0 Å². The first-order valence-corrected chi connectivity index (χ1v) is 9.24. The highest BCUT2D eigenvalue weighted by molar-refractivity contribution is 6.07. The number of benzene rings is 1. The van der Waals surface area contributed by atoms with Crippen molar-refractivity contribution < 1.29 is 19.1 Å². The Bertz CT molecular complexity index is 913. The number of hydrogen-bond acceptors (Lipinski definition) is 4. The molecule has 2 aromatic rings. The predicted molar refractivity (Wildman–Crippen MR) is 109 cm³/mol. The summed E-state index contributed by atoms with van der Waals surface area (Å²) in [5.41, 5.74) is 3.83. The van der Waals surface area contributed by atoms with Crippen LogP contribution in [-0.2, 0) is 9.53 Å². The summed E-state index contributed by atoms with van der Waals surface area (Å²) in [5, 5.41) is 5.66. The highest BCUT2D eigenvalue weighted by Gasteiger charge is 2.23. The summed E-state index contributed by atoms with van der Waals surface area (Å²) in [5.74, 6) is -1.07. The molecule has 0 saturated carbocycles. The number of aromatic amines is 1. The first kappa shape index (κ1) is 21.2. The summed E-state index contributed by atoms with van der Waals surface area (Å²) in [6.07, 6.45) is 0. The summed E-state index contributed by atoms with van der Waals surface area (Å²) in [4.78, 5) is 39.8. The van der Waals surface area contributed by atoms with Gasteiger partial charge in [-0.3, -0.25) is 9.59 Å². The Labute approximate surface area is 164 Å². The second-order valence-electron chi connectivity index (χ2n) is 6.97. The van der Waals surface area contributed by atoms with Crippen LogP contribution in [0.15, 0.2) is 18.2 Å². The zero-order valence-corrected chi connectivity index (χ0v) is 17.1. The molecule has 0 aliphatic carbocycles. The Morgan fingerprint density at radius 3 is 2.39 bits per heavy atom. The molecule has 0 atom stereocenters. The molecule has 1 heterocycles. The number of hydrogen-bond donors (Lipinski definition) is 3. The molecule has 0 saturated heterocycles. The van der Waals surface area contributed by atoms with Gasteiger partial charge in [-0.1, -0.05) is 19.9 Å². The topological polar surface area (TPSA) is 100 Å². The van der Waals surface area contributed by atoms with E-state index < -0.39 is 5.97 Å². The lowest BCUT2D eigenvalue weighted by molar-refractivity contribution is -0.118. The number of nitrogens with one attached hydrogen (secondary N) is 3. The van der Waals surface area contributed by atoms with E-state index >= 15 is 0 Å². The number of H-pyrrole nitrogens is 1. The minimum absolute atomic E-state index is 0.101. The number of aryl methyl sites for hydroxylation is 2. The number of rotatable bonds is 6. The number of carbonyl (C=O) groups is 3. The van der Waals surface area contributed by atoms with E-state index in [2.05, 4.69) is 15.6 Å². The Kier molecular flexibility index (Phi) is 6.62. The maximum Gasteiger partial charge on any atom is 0.340 e. The second-order valence-corrected chi connectivity index (χ2v) is 6.97. The zero-order chi connectivity index (χ0) is 21.0. The number of aromatic nitrogens is 1. The minimum Gasteiger partial charge on any atom is -0.462 e. The SMILES string of the molecule is CCOC(=O)c1c(C)[nH]c(C(=O)Nc2cc(NC(=O)C(C)C)ccc2C)c1C. The highest BCUT2D eigenvalue weighted by atomic mass is 16.5. The molecule has 2 rings (SSSR count). The van der Waals surface area contributed by atoms with Crippen LogP contribution in [-0.4, -0.2) is 29.4 Å². The number of anilines is 2. The molecule has 0 fully saturated rings. The fraction of sp³-hybridized carbons (Fsp3) is 0.381. The first-order chi connectivity index (χ1) is 13.1. The number of esters is 1. The molecule has 150 valence electrons. The van der Waals surface area contributed by atoms with Crippen molar-refractivity contribution in [3.05, 3.63) is 46.3 Å². The standard InChI is InChI=1S/C21H27N3O4/c1-7-28-21(27)17-13(5)18(22-14(17)6)20(26)24-16-10-15(9-8-12(16)4)23-19(25)11(2)3/h8-11,22H,7H2,1-6H3,(H,23,25)(H,24,26). The molecule has 2 amide bonds. The summed E-state index contributed by atoms with van der Waals surface area (Å²) in [6.45, 7) is 10.9. The summed E-state index contributed by atoms with van der Waals surface area (Å²) in [6, 6.07) is 5.32. The summed E-state index contributed by atoms with van der Waals surface area (Å²) in [7, 11) is 0. The van der Waals surface area contributed by atoms with Crippen molar-refractivity contribution in [3.8, 4) is 0 Å². The van der Waals surface area contributed by atoms with Gasteiger partial charge in [-0.15, -0.1) is 0 Å². The van der Waals surface area contributed by atoms with Crippen molar-refractivity contribution in [2.45, 2.75) is 41.5 Å². The van der Waals surface area contributed by atoms with Gasteiger partial charge in [-0.05, 0) is 51.0 Å². The molecule has 1 aromatic carbocycles. The molecule has 1 aromatic heterocycles. The van der Waals surface area contributed by atoms with Crippen LogP contribution in [0.5, 0.6) is 0 Å². The Morgan fingerprint density at radius 1 is 1.11 bits per heavy atom. The van der Waals surface area contributed by atoms with Crippen molar-refractivity contribution in [2.24, 2.45) is 5.92 Å². The number of carbonyl (C=O) groups excluding carboxylic acids is 3. The molecule has 0 radical (unpaired) electrons. The van der Waals surface area contributed by atoms with Gasteiger partial charge >= 0.3 is 5.97 Å². The molecule has 3 N–H and O–H groups in total. The molecular formula is C21H27N3O4. The third kappa shape index (κ3) is 4.60. The van der Waals surface area contributed by atoms with E-state index in [1.165, 1.54) is 0 Å². The molecule has 7 heteroatoms. The third-order valence-corrected chi connectivity index (χ3v) is 4.42. The van der Waals surface area contributed by atoms with Crippen LogP contribution in [0.1, 0.15) is 58.4 Å². The molecule has 0 spiro atoms. The Balaban J connectivity index is 2.27. The second kappa shape index (κ2) is 8.73. The molecule has 0 bridgehead atoms. The number of ether oxygens (including phenoxy) is 1. The average Bonchev–Trinajstić information content (AvgIpc) is 2.92. The summed E-state index contributed by atoms with van der Waals surface area (Å²) >= 11 is 0. The Morgan fingerprint density at radius 2 is 1.79 bits per heavy atom. The monoisotopic (exact) mass is 385 g/mol. The van der Waals surface area contributed by atoms with Gasteiger partial charge in [0.25, 0.3) is 5.91 Å². The van der Waals surface area contributed by atoms with Gasteiger partial charge in [0.1, 0.15) is 5.69 Å². The Hall–Kier alpha value is -3.09. The lowest BCUT2D eigenvalue weighted by atomic mass is 10.1. The van der Waals surface area contributed by atoms with E-state index in [1.807, 2.05) is 26.8 Å². The molecule has 7 nitrogen and oxygen atoms in total. The third-order valence-electron chi connectivity index (χ3n) is 4.42. The van der Waals surface area contributed by atoms with Crippen LogP contribution >= 0.6 is 0 Å². The van der Waals surface area contributed by atoms with Gasteiger partial charge in [0, 0.05) is 23.0 Å². The smallest absolute Gasteiger partial charge is 0.340 e. The van der Waals surface area contributed by atoms with Crippen LogP contribution < -0.4 is 10.6 Å². The maximum atomic E-state index is 12.8. The van der Waals surface area contributed by atoms with Gasteiger partial charge in [0.2, 0.25) is 5.91 Å². The van der Waals surface area contributed by atoms with Crippen molar-refractivity contribution in [1.29, 1.82) is 0 Å². The fourth-order valence-electron chi connectivity index (χ4n) is 2.79. The van der Waals surface area contributed by atoms with E-state index in [0.717, 1.165) is 5.56 Å². The molecule has 0 aliphatic rings. The van der Waals surface area contributed by atoms with Crippen LogP contribution in [0.2, 0.25) is 0 Å². The van der Waals surface area contributed by atoms with E-state index in [9.17, 15) is 14.4 Å². The van der Waals surface area contributed by atoms with E-state index in [1.54, 1.807) is 32.9 Å². The van der Waals surface area contributed by atoms with Crippen molar-refractivity contribution in [2.75, 3.05) is 17.2 Å². The number of amides is 2. The van der Waals surface area contributed by atoms with Crippen molar-refractivity contribution >= 4 is 29.2 Å². The van der Waals surface area contributed by atoms with Crippen LogP contribution in [0.3, 0.4) is 0 Å². The highest BCUT2D eigenvalue weighted by Crippen LogP contribution is 2.24. The fourth-order valence-corrected chi connectivity index (χ4v) is 2.79. The van der Waals surface area contributed by atoms with Gasteiger partial charge in [0.05, 0.1) is 12.2 Å². The lowest BCUT2D eigenvalue weighted by Crippen LogP contribution is -2.18. The molecule has 0 aliphatic heterocycles. The lowest BCUT2D eigenvalue weighted by Gasteiger charge is -2.12. The predicted octanol–water partition coefficient (Wildman–Crippen LogP) is 3.96. The van der Waals surface area contributed by atoms with E-state index in [0.29, 0.717) is 33.9 Å². The van der Waals surface area contributed by atoms with Crippen molar-refractivity contribution in [1.82, 2.24) is 4.98 Å². The van der Waals surface area contributed by atoms with Crippen LogP contribution in [0, 0.1) is 26.7 Å². The van der Waals surface area contributed by atoms with Gasteiger partial charge in [-0.25, -0.2) is 4.79 Å². The first-order valence-electron chi connectivity index (χ1n) is 9.24. The van der Waals surface area contributed by atoms with Crippen LogP contribution in [0.25, 0.3) is 0 Å². The summed E-state index contributed by atoms with van der Waals surface area (Å²) < 4.78 is 5.06. The average molecular weight is 385 g/mol. The molecular weight excluding hydrogens is 358 g/mol. The zero-order valence-electron chi connectivity index (χ0n) is 17.1. The quantitative estimate of drug-likeness (QED) is 0.655. The largest absolute Gasteiger partial charge is 0.462 e. The van der Waals surface area contributed by atoms with E-state index in [4.69, 9.17) is 4.74 Å². The van der Waals surface area contributed by atoms with Gasteiger partial charge in [-0.2, -0.15) is 0 Å².